The Morgan fingerprint density at radius 1 is 1.04 bits per heavy atom. The van der Waals surface area contributed by atoms with Gasteiger partial charge in [0.25, 0.3) is 5.82 Å². The fourth-order valence-corrected chi connectivity index (χ4v) is 1.95. The molecule has 3 rings (SSSR count). The number of hydrogen-bond donors (Lipinski definition) is 0. The third-order valence-electron chi connectivity index (χ3n) is 3.01. The van der Waals surface area contributed by atoms with Crippen LogP contribution < -0.4 is 4.74 Å². The zero-order chi connectivity index (χ0) is 18.2. The Morgan fingerprint density at radius 3 is 2.40 bits per heavy atom. The van der Waals surface area contributed by atoms with Crippen molar-refractivity contribution in [3.05, 3.63) is 36.5 Å². The van der Waals surface area contributed by atoms with E-state index in [4.69, 9.17) is 7.85 Å². The fourth-order valence-electron chi connectivity index (χ4n) is 1.95. The lowest BCUT2D eigenvalue weighted by Crippen LogP contribution is -2.19. The smallest absolute Gasteiger partial charge is 0.422 e. The molecule has 0 atom stereocenters. The number of alkyl halides is 5. The predicted molar refractivity (Wildman–Crippen MR) is 75.2 cm³/mol. The van der Waals surface area contributed by atoms with Crippen LogP contribution >= 0.6 is 0 Å². The van der Waals surface area contributed by atoms with Gasteiger partial charge in [-0.05, 0) is 6.07 Å². The first-order valence-electron chi connectivity index (χ1n) is 6.67. The molecule has 0 N–H and O–H groups in total. The first kappa shape index (κ1) is 17.1. The Labute approximate surface area is 138 Å². The molecule has 0 bridgehead atoms. The molecule has 0 unspecified atom stereocenters. The lowest BCUT2D eigenvalue weighted by molar-refractivity contribution is -0.154. The molecular weight excluding hydrogens is 348 g/mol. The molecule has 6 nitrogen and oxygen atoms in total. The van der Waals surface area contributed by atoms with E-state index in [1.165, 1.54) is 30.7 Å². The maximum absolute atomic E-state index is 13.3. The zero-order valence-electron chi connectivity index (χ0n) is 12.2. The highest BCUT2D eigenvalue weighted by molar-refractivity contribution is 6.13. The Balaban J connectivity index is 1.89. The summed E-state index contributed by atoms with van der Waals surface area (Å²) in [6, 6.07) is 2.59. The summed E-state index contributed by atoms with van der Waals surface area (Å²) < 4.78 is 68.3. The third kappa shape index (κ3) is 3.83. The van der Waals surface area contributed by atoms with E-state index in [1.807, 2.05) is 0 Å². The summed E-state index contributed by atoms with van der Waals surface area (Å²) in [5.41, 5.74) is 0.635. The van der Waals surface area contributed by atoms with Crippen molar-refractivity contribution >= 4 is 13.5 Å². The maximum Gasteiger partial charge on any atom is 0.422 e. The molecular formula is C13H7BF5N5O. The molecule has 0 saturated carbocycles. The summed E-state index contributed by atoms with van der Waals surface area (Å²) in [5, 5.41) is 6.85. The van der Waals surface area contributed by atoms with Crippen LogP contribution in [0.4, 0.5) is 22.0 Å². The quantitative estimate of drug-likeness (QED) is 0.531. The highest BCUT2D eigenvalue weighted by Gasteiger charge is 2.30. The van der Waals surface area contributed by atoms with E-state index in [2.05, 4.69) is 24.9 Å². The van der Waals surface area contributed by atoms with E-state index >= 15 is 0 Å². The fraction of sp³-hybridized carbons (Fsp3) is 0.231. The van der Waals surface area contributed by atoms with Gasteiger partial charge in [-0.1, -0.05) is 0 Å². The summed E-state index contributed by atoms with van der Waals surface area (Å²) in [4.78, 5) is 7.74. The van der Waals surface area contributed by atoms with E-state index in [0.29, 0.717) is 5.56 Å². The van der Waals surface area contributed by atoms with Crippen molar-refractivity contribution in [1.82, 2.24) is 24.6 Å². The van der Waals surface area contributed by atoms with Crippen molar-refractivity contribution in [2.24, 2.45) is 0 Å². The average Bonchev–Trinajstić information content (AvgIpc) is 2.96. The number of ether oxygens (including phenoxy) is 1. The number of rotatable bonds is 4. The lowest BCUT2D eigenvalue weighted by atomic mass is 9.98. The average molecular weight is 355 g/mol. The van der Waals surface area contributed by atoms with Gasteiger partial charge in [0.1, 0.15) is 0 Å². The molecule has 0 aliphatic rings. The number of halogens is 5. The Bertz CT molecular complexity index is 890. The second kappa shape index (κ2) is 5.94. The van der Waals surface area contributed by atoms with Crippen LogP contribution in [0.2, 0.25) is 0 Å². The summed E-state index contributed by atoms with van der Waals surface area (Å²) in [5.74, 6) is -4.71. The van der Waals surface area contributed by atoms with Crippen LogP contribution in [-0.4, -0.2) is 45.2 Å². The van der Waals surface area contributed by atoms with Crippen LogP contribution in [0.5, 0.6) is 5.88 Å². The summed E-state index contributed by atoms with van der Waals surface area (Å²) in [6.07, 6.45) is -0.861. The Hall–Kier alpha value is -2.79. The molecule has 25 heavy (non-hydrogen) atoms. The minimum atomic E-state index is -4.48. The van der Waals surface area contributed by atoms with Gasteiger partial charge in [-0.2, -0.15) is 13.2 Å². The lowest BCUT2D eigenvalue weighted by Gasteiger charge is -2.10. The van der Waals surface area contributed by atoms with E-state index < -0.39 is 24.4 Å². The molecule has 3 heterocycles. The van der Waals surface area contributed by atoms with Gasteiger partial charge in [-0.3, -0.25) is 9.38 Å². The molecule has 128 valence electrons. The van der Waals surface area contributed by atoms with Crippen molar-refractivity contribution in [1.29, 1.82) is 0 Å². The van der Waals surface area contributed by atoms with Crippen LogP contribution in [0.1, 0.15) is 5.82 Å². The molecule has 3 aromatic rings. The van der Waals surface area contributed by atoms with Crippen LogP contribution in [0.25, 0.3) is 16.9 Å². The molecule has 12 heteroatoms. The normalized spacial score (nSPS) is 12.5. The third-order valence-corrected chi connectivity index (χ3v) is 3.01. The molecule has 0 saturated heterocycles. The number of fused-ring (bicyclic) bond motifs is 1. The van der Waals surface area contributed by atoms with Gasteiger partial charge in [0.2, 0.25) is 5.88 Å². The standard InChI is InChI=1S/C13H7BF5N5O/c14-13(18,19)11-23-22-9-4-20-8(5-24(9)11)7-1-2-10(21-3-7)25-6-12(15,16)17/h1-5H,6H2. The molecule has 2 radical (unpaired) electrons. The van der Waals surface area contributed by atoms with E-state index in [-0.39, 0.29) is 17.2 Å². The summed E-state index contributed by atoms with van der Waals surface area (Å²) in [6.45, 7) is -1.47. The van der Waals surface area contributed by atoms with Crippen molar-refractivity contribution < 1.29 is 26.7 Å². The number of aromatic nitrogens is 5. The SMILES string of the molecule is [B]C(F)(F)c1nnc2cnc(-c3ccc(OCC(F)(F)F)nc3)cn12. The molecule has 0 aromatic carbocycles. The van der Waals surface area contributed by atoms with E-state index in [0.717, 1.165) is 4.40 Å². The molecule has 0 aliphatic heterocycles. The predicted octanol–water partition coefficient (Wildman–Crippen LogP) is 2.35. The van der Waals surface area contributed by atoms with Crippen LogP contribution in [0.3, 0.4) is 0 Å². The minimum absolute atomic E-state index is 0.0574. The van der Waals surface area contributed by atoms with Gasteiger partial charge >= 0.3 is 6.18 Å². The van der Waals surface area contributed by atoms with Gasteiger partial charge in [-0.15, -0.1) is 10.2 Å². The monoisotopic (exact) mass is 355 g/mol. The topological polar surface area (TPSA) is 65.2 Å². The van der Waals surface area contributed by atoms with E-state index in [1.54, 1.807) is 0 Å². The number of pyridine rings is 1. The van der Waals surface area contributed by atoms with Crippen LogP contribution in [0.15, 0.2) is 30.7 Å². The highest BCUT2D eigenvalue weighted by atomic mass is 19.4. The number of nitrogens with zero attached hydrogens (tertiary/aromatic N) is 5. The second-order valence-electron chi connectivity index (χ2n) is 4.94. The Morgan fingerprint density at radius 2 is 1.80 bits per heavy atom. The van der Waals surface area contributed by atoms with Gasteiger partial charge < -0.3 is 4.74 Å². The largest absolute Gasteiger partial charge is 0.468 e. The molecule has 0 fully saturated rings. The molecule has 3 aromatic heterocycles. The molecule has 0 amide bonds. The minimum Gasteiger partial charge on any atom is -0.468 e. The summed E-state index contributed by atoms with van der Waals surface area (Å²) in [7, 11) is 4.75. The number of hydrogen-bond acceptors (Lipinski definition) is 5. The van der Waals surface area contributed by atoms with Gasteiger partial charge in [0, 0.05) is 24.0 Å². The van der Waals surface area contributed by atoms with Crippen molar-refractivity contribution in [2.45, 2.75) is 12.0 Å². The van der Waals surface area contributed by atoms with Crippen LogP contribution in [0, 0.1) is 0 Å². The highest BCUT2D eigenvalue weighted by Crippen LogP contribution is 2.25. The molecule has 0 aliphatic carbocycles. The maximum atomic E-state index is 13.3. The Kier molecular flexibility index (Phi) is 4.05. The van der Waals surface area contributed by atoms with Gasteiger partial charge in [0.05, 0.1) is 11.9 Å². The van der Waals surface area contributed by atoms with Crippen molar-refractivity contribution in [3.63, 3.8) is 0 Å². The van der Waals surface area contributed by atoms with Crippen LogP contribution in [-0.2, 0) is 5.82 Å². The van der Waals surface area contributed by atoms with Gasteiger partial charge in [-0.25, -0.2) is 13.8 Å². The zero-order valence-corrected chi connectivity index (χ0v) is 12.2. The molecule has 0 spiro atoms. The first-order chi connectivity index (χ1) is 11.6. The summed E-state index contributed by atoms with van der Waals surface area (Å²) >= 11 is 0. The van der Waals surface area contributed by atoms with Crippen molar-refractivity contribution in [3.8, 4) is 17.1 Å². The first-order valence-corrected chi connectivity index (χ1v) is 6.67. The van der Waals surface area contributed by atoms with Gasteiger partial charge in [0.15, 0.2) is 25.9 Å². The van der Waals surface area contributed by atoms with E-state index in [9.17, 15) is 22.0 Å². The second-order valence-corrected chi connectivity index (χ2v) is 4.94. The van der Waals surface area contributed by atoms with Crippen molar-refractivity contribution in [2.75, 3.05) is 6.61 Å².